The smallest absolute Gasteiger partial charge is 0.123 e. The molecule has 0 amide bonds. The minimum atomic E-state index is -1.94. The second-order valence-electron chi connectivity index (χ2n) is 22.5. The summed E-state index contributed by atoms with van der Waals surface area (Å²) in [5.74, 6) is 0.901. The van der Waals surface area contributed by atoms with Gasteiger partial charge in [-0.1, -0.05) is 156 Å². The van der Waals surface area contributed by atoms with E-state index in [9.17, 15) is 10.2 Å². The van der Waals surface area contributed by atoms with Gasteiger partial charge in [0.15, 0.2) is 0 Å². The molecule has 0 aliphatic carbocycles. The zero-order valence-corrected chi connectivity index (χ0v) is 43.1. The highest BCUT2D eigenvalue weighted by Gasteiger charge is 2.45. The van der Waals surface area contributed by atoms with E-state index in [1.807, 2.05) is 0 Å². The molecule has 0 aromatic heterocycles. The van der Waals surface area contributed by atoms with Crippen molar-refractivity contribution in [2.24, 2.45) is 0 Å². The maximum Gasteiger partial charge on any atom is 0.123 e. The fourth-order valence-corrected chi connectivity index (χ4v) is 18.6. The number of phenols is 2. The fourth-order valence-electron chi connectivity index (χ4n) is 9.79. The van der Waals surface area contributed by atoms with E-state index in [4.69, 9.17) is 0 Å². The van der Waals surface area contributed by atoms with Gasteiger partial charge in [0, 0.05) is 0 Å². The van der Waals surface area contributed by atoms with Gasteiger partial charge in [-0.2, -0.15) is 0 Å². The Labute approximate surface area is 389 Å². The van der Waals surface area contributed by atoms with Crippen LogP contribution in [0.15, 0.2) is 146 Å². The maximum absolute atomic E-state index is 11.7. The third-order valence-electron chi connectivity index (χ3n) is 13.3. The first-order valence-corrected chi connectivity index (χ1v) is 28.1. The number of phenolic OH excluding ortho intramolecular Hbond substituents is 2. The molecule has 6 aromatic carbocycles. The van der Waals surface area contributed by atoms with Crippen molar-refractivity contribution in [2.45, 2.75) is 143 Å². The molecule has 64 heavy (non-hydrogen) atoms. The SMILES string of the molecule is CC(C)(C)c1cc(C[P+](CCCCCC[P+](Cc2cc(C(C)(C)C)c(O)c(C(C)(C)C)c2)(c2ccccc2)c2ccccc2)(c2ccccc2)c2ccccc2)cc(C(C)(C)C)c1O. The molecule has 0 atom stereocenters. The van der Waals surface area contributed by atoms with Crippen LogP contribution in [0.4, 0.5) is 0 Å². The molecule has 0 aliphatic rings. The van der Waals surface area contributed by atoms with Crippen LogP contribution < -0.4 is 21.2 Å². The fraction of sp³-hybridized carbons (Fsp3) is 0.400. The molecule has 0 saturated carbocycles. The Morgan fingerprint density at radius 3 is 0.750 bits per heavy atom. The lowest BCUT2D eigenvalue weighted by atomic mass is 9.78. The molecule has 0 radical (unpaired) electrons. The third kappa shape index (κ3) is 11.2. The second kappa shape index (κ2) is 19.7. The first-order valence-electron chi connectivity index (χ1n) is 23.8. The van der Waals surface area contributed by atoms with Crippen LogP contribution in [0.5, 0.6) is 11.5 Å². The molecule has 4 heteroatoms. The molecule has 0 spiro atoms. The summed E-state index contributed by atoms with van der Waals surface area (Å²) in [7, 11) is -3.88. The van der Waals surface area contributed by atoms with Gasteiger partial charge in [0.05, 0.1) is 60.4 Å². The van der Waals surface area contributed by atoms with Gasteiger partial charge in [-0.3, -0.25) is 0 Å². The predicted molar refractivity (Wildman–Crippen MR) is 285 cm³/mol. The van der Waals surface area contributed by atoms with Crippen LogP contribution in [0, 0.1) is 0 Å². The summed E-state index contributed by atoms with van der Waals surface area (Å²) in [6, 6.07) is 54.8. The van der Waals surface area contributed by atoms with Gasteiger partial charge in [0.1, 0.15) is 11.5 Å². The van der Waals surface area contributed by atoms with Gasteiger partial charge in [-0.25, -0.2) is 0 Å². The minimum absolute atomic E-state index is 0.190. The van der Waals surface area contributed by atoms with Crippen molar-refractivity contribution in [3.05, 3.63) is 179 Å². The van der Waals surface area contributed by atoms with E-state index in [0.29, 0.717) is 11.5 Å². The van der Waals surface area contributed by atoms with Gasteiger partial charge >= 0.3 is 0 Å². The maximum atomic E-state index is 11.7. The normalized spacial score (nSPS) is 13.0. The highest BCUT2D eigenvalue weighted by molar-refractivity contribution is 7.89. The van der Waals surface area contributed by atoms with Crippen LogP contribution in [0.1, 0.15) is 142 Å². The molecule has 2 nitrogen and oxygen atoms in total. The van der Waals surface area contributed by atoms with Crippen molar-refractivity contribution >= 4 is 35.7 Å². The van der Waals surface area contributed by atoms with E-state index >= 15 is 0 Å². The van der Waals surface area contributed by atoms with Crippen molar-refractivity contribution in [3.63, 3.8) is 0 Å². The molecule has 0 fully saturated rings. The Morgan fingerprint density at radius 2 is 0.547 bits per heavy atom. The standard InChI is InChI=1S/C60H76O2P2/c1-57(2,3)51-39-45(40-52(55(51)61)58(4,5)6)43-63(47-29-19-15-20-30-47,48-31-21-16-22-32-48)37-27-13-14-28-38-64(49-33-23-17-24-34-49,50-35-25-18-26-36-50)44-46-41-53(59(7,8)9)56(62)54(42-46)60(10,11)12/h15-26,29-36,39-42H,13-14,27-28,37-38,43-44H2,1-12H3/p+2. The summed E-state index contributed by atoms with van der Waals surface area (Å²) in [6.45, 7) is 26.6. The molecule has 6 aromatic rings. The molecular formula is C60H78O2P2+2. The molecular weight excluding hydrogens is 815 g/mol. The first kappa shape index (κ1) is 49.2. The van der Waals surface area contributed by atoms with Gasteiger partial charge in [0.2, 0.25) is 0 Å². The molecule has 0 bridgehead atoms. The van der Waals surface area contributed by atoms with Crippen LogP contribution in [0.3, 0.4) is 0 Å². The first-order chi connectivity index (χ1) is 30.1. The lowest BCUT2D eigenvalue weighted by molar-refractivity contribution is 0.422. The summed E-state index contributed by atoms with van der Waals surface area (Å²) in [5, 5.41) is 29.3. The van der Waals surface area contributed by atoms with Crippen LogP contribution in [0.25, 0.3) is 0 Å². The second-order valence-corrected chi connectivity index (χ2v) is 30.0. The summed E-state index contributed by atoms with van der Waals surface area (Å²) >= 11 is 0. The summed E-state index contributed by atoms with van der Waals surface area (Å²) < 4.78 is 0. The van der Waals surface area contributed by atoms with Gasteiger partial charge in [-0.15, -0.1) is 0 Å². The van der Waals surface area contributed by atoms with Crippen molar-refractivity contribution in [1.82, 2.24) is 0 Å². The molecule has 0 unspecified atom stereocenters. The van der Waals surface area contributed by atoms with Crippen LogP contribution in [0.2, 0.25) is 0 Å². The zero-order chi connectivity index (χ0) is 46.6. The van der Waals surface area contributed by atoms with Crippen molar-refractivity contribution in [2.75, 3.05) is 12.3 Å². The van der Waals surface area contributed by atoms with Crippen molar-refractivity contribution in [3.8, 4) is 11.5 Å². The average Bonchev–Trinajstić information content (AvgIpc) is 3.24. The summed E-state index contributed by atoms with van der Waals surface area (Å²) in [5.41, 5.74) is 6.04. The van der Waals surface area contributed by atoms with E-state index in [1.165, 1.54) is 45.2 Å². The Hall–Kier alpha value is -4.22. The van der Waals surface area contributed by atoms with E-state index in [2.05, 4.69) is 229 Å². The zero-order valence-electron chi connectivity index (χ0n) is 41.3. The molecule has 0 aliphatic heterocycles. The Morgan fingerprint density at radius 1 is 0.328 bits per heavy atom. The topological polar surface area (TPSA) is 40.5 Å². The summed E-state index contributed by atoms with van der Waals surface area (Å²) in [4.78, 5) is 0. The lowest BCUT2D eigenvalue weighted by Gasteiger charge is -2.32. The molecule has 0 heterocycles. The minimum Gasteiger partial charge on any atom is -0.507 e. The van der Waals surface area contributed by atoms with E-state index < -0.39 is 14.5 Å². The number of rotatable bonds is 15. The summed E-state index contributed by atoms with van der Waals surface area (Å²) in [6.07, 6.45) is 8.83. The monoisotopic (exact) mass is 893 g/mol. The molecule has 2 N–H and O–H groups in total. The van der Waals surface area contributed by atoms with Crippen LogP contribution in [-0.2, 0) is 34.0 Å². The third-order valence-corrected chi connectivity index (χ3v) is 22.4. The van der Waals surface area contributed by atoms with Crippen LogP contribution >= 0.6 is 14.5 Å². The van der Waals surface area contributed by atoms with Crippen molar-refractivity contribution in [1.29, 1.82) is 0 Å². The van der Waals surface area contributed by atoms with E-state index in [-0.39, 0.29) is 21.7 Å². The molecule has 0 saturated heterocycles. The number of hydrogen-bond donors (Lipinski definition) is 2. The number of unbranched alkanes of at least 4 members (excludes halogenated alkanes) is 3. The number of benzene rings is 6. The highest BCUT2D eigenvalue weighted by atomic mass is 31.2. The highest BCUT2D eigenvalue weighted by Crippen LogP contribution is 2.62. The van der Waals surface area contributed by atoms with Gasteiger partial charge in [0.25, 0.3) is 0 Å². The Balaban J connectivity index is 1.35. The number of hydrogen-bond acceptors (Lipinski definition) is 2. The Kier molecular flexibility index (Phi) is 15.2. The molecule has 6 rings (SSSR count). The predicted octanol–water partition coefficient (Wildman–Crippen LogP) is 14.9. The van der Waals surface area contributed by atoms with E-state index in [0.717, 1.165) is 59.7 Å². The van der Waals surface area contributed by atoms with Crippen molar-refractivity contribution < 1.29 is 10.2 Å². The van der Waals surface area contributed by atoms with Gasteiger partial charge in [-0.05, 0) is 154 Å². The molecule has 338 valence electrons. The average molecular weight is 893 g/mol. The van der Waals surface area contributed by atoms with Gasteiger partial charge < -0.3 is 10.2 Å². The lowest BCUT2D eigenvalue weighted by Crippen LogP contribution is -2.27. The van der Waals surface area contributed by atoms with Crippen LogP contribution in [-0.4, -0.2) is 22.5 Å². The Bertz CT molecular complexity index is 2100. The van der Waals surface area contributed by atoms with E-state index in [1.54, 1.807) is 0 Å². The number of aromatic hydroxyl groups is 2. The largest absolute Gasteiger partial charge is 0.507 e. The quantitative estimate of drug-likeness (QED) is 0.0796.